The molecule has 0 saturated heterocycles. The Bertz CT molecular complexity index is 351. The number of ether oxygens (including phenoxy) is 1. The minimum atomic E-state index is -0.321. The van der Waals surface area contributed by atoms with Crippen LogP contribution in [-0.2, 0) is 0 Å². The van der Waals surface area contributed by atoms with E-state index in [4.69, 9.17) is 16.3 Å². The Morgan fingerprint density at radius 2 is 2.31 bits per heavy atom. The fraction of sp³-hybridized carbons (Fsp3) is 0.250. The lowest BCUT2D eigenvalue weighted by Gasteiger charge is -2.06. The van der Waals surface area contributed by atoms with Crippen molar-refractivity contribution < 1.29 is 14.6 Å². The Labute approximate surface area is 80.1 Å². The van der Waals surface area contributed by atoms with Crippen LogP contribution in [0.2, 0.25) is 5.15 Å². The van der Waals surface area contributed by atoms with Gasteiger partial charge in [0.15, 0.2) is 5.78 Å². The number of pyridine rings is 1. The topological polar surface area (TPSA) is 59.4 Å². The Morgan fingerprint density at radius 3 is 2.77 bits per heavy atom. The minimum absolute atomic E-state index is 0.0394. The van der Waals surface area contributed by atoms with Crippen LogP contribution in [-0.4, -0.2) is 23.0 Å². The van der Waals surface area contributed by atoms with Gasteiger partial charge in [-0.3, -0.25) is 4.79 Å². The number of hydrogen-bond donors (Lipinski definition) is 1. The predicted molar refractivity (Wildman–Crippen MR) is 47.5 cm³/mol. The van der Waals surface area contributed by atoms with Gasteiger partial charge >= 0.3 is 0 Å². The molecule has 0 aliphatic heterocycles. The van der Waals surface area contributed by atoms with Crippen molar-refractivity contribution in [3.8, 4) is 11.6 Å². The number of methoxy groups -OCH3 is 1. The Kier molecular flexibility index (Phi) is 2.72. The van der Waals surface area contributed by atoms with E-state index >= 15 is 0 Å². The molecule has 0 unspecified atom stereocenters. The van der Waals surface area contributed by atoms with Gasteiger partial charge in [0.2, 0.25) is 5.88 Å². The maximum Gasteiger partial charge on any atom is 0.229 e. The maximum absolute atomic E-state index is 11.0. The van der Waals surface area contributed by atoms with Gasteiger partial charge in [-0.05, 0) is 6.92 Å². The van der Waals surface area contributed by atoms with Crippen LogP contribution in [0.5, 0.6) is 11.6 Å². The highest BCUT2D eigenvalue weighted by Gasteiger charge is 2.15. The summed E-state index contributed by atoms with van der Waals surface area (Å²) in [5.74, 6) is -0.500. The quantitative estimate of drug-likeness (QED) is 0.584. The Hall–Kier alpha value is -1.29. The van der Waals surface area contributed by atoms with Crippen molar-refractivity contribution >= 4 is 17.4 Å². The van der Waals surface area contributed by atoms with E-state index in [-0.39, 0.29) is 28.1 Å². The lowest BCUT2D eigenvalue weighted by molar-refractivity contribution is 0.101. The second kappa shape index (κ2) is 3.62. The molecule has 70 valence electrons. The number of hydrogen-bond acceptors (Lipinski definition) is 4. The lowest BCUT2D eigenvalue weighted by Crippen LogP contribution is -2.00. The SMILES string of the molecule is COc1nc(Cl)cc(O)c1C(C)=O. The van der Waals surface area contributed by atoms with E-state index in [9.17, 15) is 9.90 Å². The number of halogens is 1. The van der Waals surface area contributed by atoms with Gasteiger partial charge in [0.25, 0.3) is 0 Å². The smallest absolute Gasteiger partial charge is 0.229 e. The summed E-state index contributed by atoms with van der Waals surface area (Å²) in [7, 11) is 1.35. The largest absolute Gasteiger partial charge is 0.507 e. The van der Waals surface area contributed by atoms with Crippen molar-refractivity contribution in [3.05, 3.63) is 16.8 Å². The molecule has 13 heavy (non-hydrogen) atoms. The Morgan fingerprint density at radius 1 is 1.69 bits per heavy atom. The van der Waals surface area contributed by atoms with Gasteiger partial charge in [-0.15, -0.1) is 0 Å². The molecule has 1 rings (SSSR count). The molecule has 0 amide bonds. The van der Waals surface area contributed by atoms with Crippen LogP contribution >= 0.6 is 11.6 Å². The summed E-state index contributed by atoms with van der Waals surface area (Å²) < 4.78 is 4.79. The van der Waals surface area contributed by atoms with Crippen LogP contribution in [0.3, 0.4) is 0 Å². The van der Waals surface area contributed by atoms with Gasteiger partial charge in [-0.25, -0.2) is 4.98 Å². The average molecular weight is 202 g/mol. The molecule has 1 N–H and O–H groups in total. The summed E-state index contributed by atoms with van der Waals surface area (Å²) in [5, 5.41) is 9.43. The van der Waals surface area contributed by atoms with Crippen molar-refractivity contribution in [2.45, 2.75) is 6.92 Å². The highest BCUT2D eigenvalue weighted by molar-refractivity contribution is 6.29. The highest BCUT2D eigenvalue weighted by atomic mass is 35.5. The third kappa shape index (κ3) is 1.89. The number of carbonyl (C=O) groups excluding carboxylic acids is 1. The summed E-state index contributed by atoms with van der Waals surface area (Å²) in [6.07, 6.45) is 0. The molecule has 1 aromatic heterocycles. The van der Waals surface area contributed by atoms with Gasteiger partial charge < -0.3 is 9.84 Å². The molecule has 0 aromatic carbocycles. The molecule has 0 bridgehead atoms. The molecule has 0 spiro atoms. The second-order valence-electron chi connectivity index (χ2n) is 2.40. The van der Waals surface area contributed by atoms with Crippen LogP contribution in [0.1, 0.15) is 17.3 Å². The summed E-state index contributed by atoms with van der Waals surface area (Å²) >= 11 is 5.54. The molecule has 0 aliphatic carbocycles. The number of nitrogens with zero attached hydrogens (tertiary/aromatic N) is 1. The number of aromatic hydroxyl groups is 1. The second-order valence-corrected chi connectivity index (χ2v) is 2.79. The highest BCUT2D eigenvalue weighted by Crippen LogP contribution is 2.28. The van der Waals surface area contributed by atoms with E-state index in [0.717, 1.165) is 0 Å². The van der Waals surface area contributed by atoms with Crippen molar-refractivity contribution in [2.24, 2.45) is 0 Å². The molecular formula is C8H8ClNO3. The first-order valence-corrected chi connectivity index (χ1v) is 3.88. The monoisotopic (exact) mass is 201 g/mol. The number of rotatable bonds is 2. The van der Waals surface area contributed by atoms with Gasteiger partial charge in [-0.1, -0.05) is 11.6 Å². The van der Waals surface area contributed by atoms with Gasteiger partial charge in [0.05, 0.1) is 7.11 Å². The van der Waals surface area contributed by atoms with E-state index in [1.165, 1.54) is 20.1 Å². The summed E-state index contributed by atoms with van der Waals surface area (Å²) in [4.78, 5) is 14.8. The zero-order chi connectivity index (χ0) is 10.0. The van der Waals surface area contributed by atoms with Crippen molar-refractivity contribution in [1.82, 2.24) is 4.98 Å². The van der Waals surface area contributed by atoms with Gasteiger partial charge in [0.1, 0.15) is 16.5 Å². The molecule has 1 aromatic rings. The van der Waals surface area contributed by atoms with Gasteiger partial charge in [0, 0.05) is 6.07 Å². The molecular weight excluding hydrogens is 194 g/mol. The minimum Gasteiger partial charge on any atom is -0.507 e. The fourth-order valence-corrected chi connectivity index (χ4v) is 1.14. The molecule has 4 nitrogen and oxygen atoms in total. The molecule has 0 atom stereocenters. The van der Waals surface area contributed by atoms with Crippen molar-refractivity contribution in [3.63, 3.8) is 0 Å². The first-order valence-electron chi connectivity index (χ1n) is 3.50. The van der Waals surface area contributed by atoms with E-state index in [1.807, 2.05) is 0 Å². The molecule has 1 heterocycles. The third-order valence-electron chi connectivity index (χ3n) is 1.48. The van der Waals surface area contributed by atoms with Crippen LogP contribution in [0, 0.1) is 0 Å². The first-order chi connectivity index (χ1) is 6.06. The fourth-order valence-electron chi connectivity index (χ4n) is 0.958. The zero-order valence-corrected chi connectivity index (χ0v) is 7.92. The van der Waals surface area contributed by atoms with Gasteiger partial charge in [-0.2, -0.15) is 0 Å². The lowest BCUT2D eigenvalue weighted by atomic mass is 10.2. The predicted octanol–water partition coefficient (Wildman–Crippen LogP) is 1.65. The van der Waals surface area contributed by atoms with Crippen LogP contribution in [0.15, 0.2) is 6.07 Å². The third-order valence-corrected chi connectivity index (χ3v) is 1.67. The standard InChI is InChI=1S/C8H8ClNO3/c1-4(11)7-5(12)3-6(9)10-8(7)13-2/h3H,1-2H3,(H,10,12). The van der Waals surface area contributed by atoms with Crippen LogP contribution in [0.4, 0.5) is 0 Å². The molecule has 0 aliphatic rings. The average Bonchev–Trinajstić information content (AvgIpc) is 2.01. The molecule has 0 radical (unpaired) electrons. The number of ketones is 1. The van der Waals surface area contributed by atoms with Crippen molar-refractivity contribution in [1.29, 1.82) is 0 Å². The van der Waals surface area contributed by atoms with E-state index in [2.05, 4.69) is 4.98 Å². The van der Waals surface area contributed by atoms with Crippen molar-refractivity contribution in [2.75, 3.05) is 7.11 Å². The Balaban J connectivity index is 3.38. The zero-order valence-electron chi connectivity index (χ0n) is 7.17. The molecule has 0 fully saturated rings. The first kappa shape index (κ1) is 9.80. The number of Topliss-reactive ketones (excluding diaryl/α,β-unsaturated/α-hetero) is 1. The van der Waals surface area contributed by atoms with Crippen LogP contribution < -0.4 is 4.74 Å². The number of carbonyl (C=O) groups is 1. The maximum atomic E-state index is 11.0. The van der Waals surface area contributed by atoms with E-state index in [1.54, 1.807) is 0 Å². The van der Waals surface area contributed by atoms with Crippen LogP contribution in [0.25, 0.3) is 0 Å². The van der Waals surface area contributed by atoms with E-state index < -0.39 is 0 Å². The summed E-state index contributed by atoms with van der Waals surface area (Å²) in [6, 6.07) is 1.20. The molecule has 5 heteroatoms. The normalized spacial score (nSPS) is 9.77. The molecule has 0 saturated carbocycles. The summed E-state index contributed by atoms with van der Waals surface area (Å²) in [6.45, 7) is 1.31. The number of aromatic nitrogens is 1. The van der Waals surface area contributed by atoms with E-state index in [0.29, 0.717) is 0 Å². The summed E-state index contributed by atoms with van der Waals surface area (Å²) in [5.41, 5.74) is 0.0481.